The van der Waals surface area contributed by atoms with E-state index in [1.807, 2.05) is 7.05 Å². The second kappa shape index (κ2) is 6.18. The lowest BCUT2D eigenvalue weighted by Gasteiger charge is -2.11. The summed E-state index contributed by atoms with van der Waals surface area (Å²) in [6.45, 7) is 5.23. The van der Waals surface area contributed by atoms with Gasteiger partial charge in [-0.05, 0) is 32.4 Å². The minimum absolute atomic E-state index is 0.239. The Balaban J connectivity index is 3.47. The smallest absolute Gasteiger partial charge is 0.0658 e. The molecule has 0 spiro atoms. The van der Waals surface area contributed by atoms with Gasteiger partial charge in [0.25, 0.3) is 0 Å². The van der Waals surface area contributed by atoms with Crippen LogP contribution in [0.1, 0.15) is 26.7 Å². The van der Waals surface area contributed by atoms with Gasteiger partial charge in [0, 0.05) is 5.92 Å². The number of nitriles is 1. The molecule has 1 N–H and O–H groups in total. The normalized spacial score (nSPS) is 13.0. The highest BCUT2D eigenvalue weighted by Crippen LogP contribution is 2.15. The standard InChI is InChI=1S/C9H18N2/c1-8(2)9(7-10)5-4-6-11-3/h8-9,11H,4-6H2,1-3H3. The van der Waals surface area contributed by atoms with E-state index in [0.29, 0.717) is 5.92 Å². The number of nitrogens with zero attached hydrogens (tertiary/aromatic N) is 1. The molecular formula is C9H18N2. The average Bonchev–Trinajstić information content (AvgIpc) is 1.97. The Kier molecular flexibility index (Phi) is 5.87. The van der Waals surface area contributed by atoms with Crippen LogP contribution in [0.15, 0.2) is 0 Å². The Morgan fingerprint density at radius 2 is 2.09 bits per heavy atom. The SMILES string of the molecule is CNCCCC(C#N)C(C)C. The minimum atomic E-state index is 0.239. The highest BCUT2D eigenvalue weighted by molar-refractivity contribution is 4.84. The molecule has 0 saturated carbocycles. The summed E-state index contributed by atoms with van der Waals surface area (Å²) in [5, 5.41) is 11.8. The maximum absolute atomic E-state index is 8.73. The summed E-state index contributed by atoms with van der Waals surface area (Å²) in [6, 6.07) is 2.33. The van der Waals surface area contributed by atoms with Gasteiger partial charge in [-0.3, -0.25) is 0 Å². The van der Waals surface area contributed by atoms with Crippen molar-refractivity contribution in [2.45, 2.75) is 26.7 Å². The zero-order valence-corrected chi connectivity index (χ0v) is 7.72. The Hall–Kier alpha value is -0.550. The van der Waals surface area contributed by atoms with Crippen LogP contribution in [0.2, 0.25) is 0 Å². The van der Waals surface area contributed by atoms with Crippen LogP contribution in [0.5, 0.6) is 0 Å². The van der Waals surface area contributed by atoms with Crippen molar-refractivity contribution < 1.29 is 0 Å². The number of nitrogens with one attached hydrogen (secondary N) is 1. The van der Waals surface area contributed by atoms with Gasteiger partial charge in [-0.15, -0.1) is 0 Å². The molecule has 2 heteroatoms. The molecule has 0 aromatic heterocycles. The molecule has 0 radical (unpaired) electrons. The van der Waals surface area contributed by atoms with Gasteiger partial charge in [0.1, 0.15) is 0 Å². The van der Waals surface area contributed by atoms with Crippen LogP contribution in [-0.2, 0) is 0 Å². The summed E-state index contributed by atoms with van der Waals surface area (Å²) in [5.41, 5.74) is 0. The van der Waals surface area contributed by atoms with Gasteiger partial charge in [-0.2, -0.15) is 5.26 Å². The zero-order chi connectivity index (χ0) is 8.69. The quantitative estimate of drug-likeness (QED) is 0.613. The summed E-state index contributed by atoms with van der Waals surface area (Å²) in [4.78, 5) is 0. The van der Waals surface area contributed by atoms with Crippen molar-refractivity contribution >= 4 is 0 Å². The molecule has 1 unspecified atom stereocenters. The Bertz CT molecular complexity index is 124. The fraction of sp³-hybridized carbons (Fsp3) is 0.889. The molecule has 0 aromatic carbocycles. The van der Waals surface area contributed by atoms with Gasteiger partial charge in [0.15, 0.2) is 0 Å². The van der Waals surface area contributed by atoms with Crippen molar-refractivity contribution in [2.24, 2.45) is 11.8 Å². The van der Waals surface area contributed by atoms with Crippen molar-refractivity contribution in [3.8, 4) is 6.07 Å². The third-order valence-corrected chi connectivity index (χ3v) is 1.91. The highest BCUT2D eigenvalue weighted by atomic mass is 14.8. The van der Waals surface area contributed by atoms with E-state index < -0.39 is 0 Å². The Morgan fingerprint density at radius 1 is 1.45 bits per heavy atom. The van der Waals surface area contributed by atoms with Crippen molar-refractivity contribution in [1.29, 1.82) is 5.26 Å². The first-order valence-corrected chi connectivity index (χ1v) is 4.26. The number of rotatable bonds is 5. The van der Waals surface area contributed by atoms with Crippen molar-refractivity contribution in [3.63, 3.8) is 0 Å². The van der Waals surface area contributed by atoms with Gasteiger partial charge in [-0.25, -0.2) is 0 Å². The molecule has 0 saturated heterocycles. The van der Waals surface area contributed by atoms with Crippen LogP contribution < -0.4 is 5.32 Å². The van der Waals surface area contributed by atoms with E-state index in [-0.39, 0.29) is 5.92 Å². The first-order chi connectivity index (χ1) is 5.22. The minimum Gasteiger partial charge on any atom is -0.320 e. The number of hydrogen-bond donors (Lipinski definition) is 1. The van der Waals surface area contributed by atoms with Crippen LogP contribution in [-0.4, -0.2) is 13.6 Å². The third kappa shape index (κ3) is 4.80. The highest BCUT2D eigenvalue weighted by Gasteiger charge is 2.10. The van der Waals surface area contributed by atoms with Crippen LogP contribution in [0, 0.1) is 23.2 Å². The Labute approximate surface area is 69.6 Å². The van der Waals surface area contributed by atoms with E-state index in [1.165, 1.54) is 0 Å². The summed E-state index contributed by atoms with van der Waals surface area (Å²) < 4.78 is 0. The fourth-order valence-corrected chi connectivity index (χ4v) is 1.05. The monoisotopic (exact) mass is 154 g/mol. The van der Waals surface area contributed by atoms with Gasteiger partial charge in [-0.1, -0.05) is 13.8 Å². The van der Waals surface area contributed by atoms with E-state index in [0.717, 1.165) is 19.4 Å². The molecule has 0 fully saturated rings. The lowest BCUT2D eigenvalue weighted by molar-refractivity contribution is 0.431. The predicted octanol–water partition coefficient (Wildman–Crippen LogP) is 1.78. The lowest BCUT2D eigenvalue weighted by Crippen LogP contribution is -2.12. The molecule has 0 heterocycles. The summed E-state index contributed by atoms with van der Waals surface area (Å²) in [6.07, 6.45) is 2.13. The molecule has 0 aromatic rings. The van der Waals surface area contributed by atoms with E-state index in [1.54, 1.807) is 0 Å². The van der Waals surface area contributed by atoms with Crippen molar-refractivity contribution in [1.82, 2.24) is 5.32 Å². The van der Waals surface area contributed by atoms with Gasteiger partial charge in [0.05, 0.1) is 6.07 Å². The molecular weight excluding hydrogens is 136 g/mol. The van der Waals surface area contributed by atoms with E-state index in [4.69, 9.17) is 5.26 Å². The van der Waals surface area contributed by atoms with Crippen molar-refractivity contribution in [2.75, 3.05) is 13.6 Å². The third-order valence-electron chi connectivity index (χ3n) is 1.91. The molecule has 0 amide bonds. The fourth-order valence-electron chi connectivity index (χ4n) is 1.05. The zero-order valence-electron chi connectivity index (χ0n) is 7.72. The van der Waals surface area contributed by atoms with Crippen molar-refractivity contribution in [3.05, 3.63) is 0 Å². The topological polar surface area (TPSA) is 35.8 Å². The molecule has 1 atom stereocenters. The largest absolute Gasteiger partial charge is 0.320 e. The second-order valence-electron chi connectivity index (χ2n) is 3.23. The summed E-state index contributed by atoms with van der Waals surface area (Å²) in [5.74, 6) is 0.736. The van der Waals surface area contributed by atoms with Crippen LogP contribution in [0.25, 0.3) is 0 Å². The molecule has 64 valence electrons. The summed E-state index contributed by atoms with van der Waals surface area (Å²) in [7, 11) is 1.94. The molecule has 11 heavy (non-hydrogen) atoms. The van der Waals surface area contributed by atoms with Crippen LogP contribution in [0.4, 0.5) is 0 Å². The molecule has 2 nitrogen and oxygen atoms in total. The molecule has 0 bridgehead atoms. The summed E-state index contributed by atoms with van der Waals surface area (Å²) >= 11 is 0. The molecule has 0 aliphatic heterocycles. The molecule has 0 rings (SSSR count). The lowest BCUT2D eigenvalue weighted by atomic mass is 9.93. The predicted molar refractivity (Wildman–Crippen MR) is 47.1 cm³/mol. The van der Waals surface area contributed by atoms with E-state index in [9.17, 15) is 0 Å². The second-order valence-corrected chi connectivity index (χ2v) is 3.23. The van der Waals surface area contributed by atoms with Crippen LogP contribution in [0.3, 0.4) is 0 Å². The first kappa shape index (κ1) is 10.4. The van der Waals surface area contributed by atoms with Gasteiger partial charge in [0.2, 0.25) is 0 Å². The molecule has 0 aliphatic rings. The molecule has 0 aliphatic carbocycles. The van der Waals surface area contributed by atoms with E-state index in [2.05, 4.69) is 25.2 Å². The van der Waals surface area contributed by atoms with E-state index >= 15 is 0 Å². The first-order valence-electron chi connectivity index (χ1n) is 4.26. The number of hydrogen-bond acceptors (Lipinski definition) is 2. The maximum atomic E-state index is 8.73. The average molecular weight is 154 g/mol. The van der Waals surface area contributed by atoms with Gasteiger partial charge >= 0.3 is 0 Å². The maximum Gasteiger partial charge on any atom is 0.0658 e. The van der Waals surface area contributed by atoms with Gasteiger partial charge < -0.3 is 5.32 Å². The Morgan fingerprint density at radius 3 is 2.45 bits per heavy atom. The van der Waals surface area contributed by atoms with Crippen LogP contribution >= 0.6 is 0 Å².